The fraction of sp³-hybridized carbons (Fsp3) is 0.588. The Hall–Kier alpha value is -2.57. The second-order valence-electron chi connectivity index (χ2n) is 6.93. The number of ether oxygens (including phenoxy) is 2. The molecule has 11 nitrogen and oxygen atoms in total. The normalized spacial score (nSPS) is 14.2. The second-order valence-corrected chi connectivity index (χ2v) is 7.46. The van der Waals surface area contributed by atoms with E-state index in [1.54, 1.807) is 0 Å². The largest absolute Gasteiger partial charge is 0.478 e. The van der Waals surface area contributed by atoms with Crippen LogP contribution in [-0.4, -0.2) is 81.7 Å². The first kappa shape index (κ1) is 24.5. The lowest BCUT2D eigenvalue weighted by Gasteiger charge is -2.26. The van der Waals surface area contributed by atoms with Gasteiger partial charge in [0.05, 0.1) is 31.5 Å². The SMILES string of the molecule is CC(C)(C)NCC(=O)COc1nsnc1N1CCOCC1.O=C(O)C=CC(=O)O. The highest BCUT2D eigenvalue weighted by atomic mass is 32.1. The van der Waals surface area contributed by atoms with Crippen LogP contribution in [-0.2, 0) is 19.1 Å². The molecule has 0 atom stereocenters. The van der Waals surface area contributed by atoms with Gasteiger partial charge in [-0.1, -0.05) is 0 Å². The Kier molecular flexibility index (Phi) is 10.2. The quantitative estimate of drug-likeness (QED) is 0.492. The molecule has 1 aliphatic heterocycles. The van der Waals surface area contributed by atoms with E-state index in [1.165, 1.54) is 0 Å². The van der Waals surface area contributed by atoms with Gasteiger partial charge in [0.15, 0.2) is 5.78 Å². The van der Waals surface area contributed by atoms with Crippen molar-refractivity contribution in [2.24, 2.45) is 0 Å². The summed E-state index contributed by atoms with van der Waals surface area (Å²) in [6.07, 6.45) is 1.12. The molecule has 0 radical (unpaired) electrons. The van der Waals surface area contributed by atoms with Gasteiger partial charge in [-0.05, 0) is 20.8 Å². The molecular weight excluding hydrogens is 404 g/mol. The van der Waals surface area contributed by atoms with Gasteiger partial charge in [0.2, 0.25) is 5.82 Å². The minimum absolute atomic E-state index is 0.00579. The smallest absolute Gasteiger partial charge is 0.328 e. The lowest BCUT2D eigenvalue weighted by atomic mass is 10.1. The molecule has 0 unspecified atom stereocenters. The topological polar surface area (TPSA) is 151 Å². The number of anilines is 1. The van der Waals surface area contributed by atoms with Crippen LogP contribution in [0.1, 0.15) is 20.8 Å². The molecule has 162 valence electrons. The number of carbonyl (C=O) groups is 3. The number of carboxylic acid groups (broad SMARTS) is 2. The maximum atomic E-state index is 11.8. The molecule has 12 heteroatoms. The highest BCUT2D eigenvalue weighted by molar-refractivity contribution is 6.99. The molecule has 3 N–H and O–H groups in total. The molecule has 0 spiro atoms. The van der Waals surface area contributed by atoms with Crippen molar-refractivity contribution in [1.29, 1.82) is 0 Å². The minimum Gasteiger partial charge on any atom is -0.478 e. The van der Waals surface area contributed by atoms with Gasteiger partial charge in [-0.3, -0.25) is 4.79 Å². The van der Waals surface area contributed by atoms with Crippen LogP contribution in [0, 0.1) is 0 Å². The number of morpholine rings is 1. The van der Waals surface area contributed by atoms with Crippen molar-refractivity contribution in [3.8, 4) is 5.88 Å². The summed E-state index contributed by atoms with van der Waals surface area (Å²) in [6, 6.07) is 0. The zero-order valence-electron chi connectivity index (χ0n) is 16.6. The molecular formula is C17H26N4O7S. The Balaban J connectivity index is 0.000000447. The summed E-state index contributed by atoms with van der Waals surface area (Å²) in [5.74, 6) is -1.38. The van der Waals surface area contributed by atoms with Crippen molar-refractivity contribution < 1.29 is 34.1 Å². The zero-order chi connectivity index (χ0) is 21.9. The molecule has 0 bridgehead atoms. The highest BCUT2D eigenvalue weighted by Gasteiger charge is 2.20. The molecule has 1 fully saturated rings. The van der Waals surface area contributed by atoms with Crippen molar-refractivity contribution >= 4 is 35.3 Å². The summed E-state index contributed by atoms with van der Waals surface area (Å²) in [6.45, 7) is 9.21. The van der Waals surface area contributed by atoms with Gasteiger partial charge >= 0.3 is 11.9 Å². The number of carboxylic acids is 2. The van der Waals surface area contributed by atoms with Crippen LogP contribution in [0.4, 0.5) is 5.82 Å². The minimum atomic E-state index is -1.26. The highest BCUT2D eigenvalue weighted by Crippen LogP contribution is 2.26. The van der Waals surface area contributed by atoms with E-state index in [-0.39, 0.29) is 24.5 Å². The molecule has 1 aromatic heterocycles. The molecule has 2 heterocycles. The van der Waals surface area contributed by atoms with Crippen LogP contribution in [0.3, 0.4) is 0 Å². The number of hydrogen-bond acceptors (Lipinski definition) is 10. The predicted molar refractivity (Wildman–Crippen MR) is 106 cm³/mol. The number of aromatic nitrogens is 2. The lowest BCUT2D eigenvalue weighted by Crippen LogP contribution is -2.40. The van der Waals surface area contributed by atoms with Crippen LogP contribution in [0.15, 0.2) is 12.2 Å². The zero-order valence-corrected chi connectivity index (χ0v) is 17.4. The summed E-state index contributed by atoms with van der Waals surface area (Å²) in [5, 5.41) is 18.8. The van der Waals surface area contributed by atoms with E-state index in [4.69, 9.17) is 19.7 Å². The first-order valence-corrected chi connectivity index (χ1v) is 9.50. The third-order valence-corrected chi connectivity index (χ3v) is 3.81. The molecule has 0 amide bonds. The van der Waals surface area contributed by atoms with Crippen LogP contribution in [0.25, 0.3) is 0 Å². The van der Waals surface area contributed by atoms with Crippen molar-refractivity contribution in [1.82, 2.24) is 14.1 Å². The maximum Gasteiger partial charge on any atom is 0.328 e. The average molecular weight is 430 g/mol. The summed E-state index contributed by atoms with van der Waals surface area (Å²) in [4.78, 5) is 33.0. The Bertz CT molecular complexity index is 693. The third kappa shape index (κ3) is 11.1. The number of rotatable bonds is 8. The predicted octanol–water partition coefficient (Wildman–Crippen LogP) is 0.423. The molecule has 1 aromatic rings. The van der Waals surface area contributed by atoms with E-state index in [2.05, 4.69) is 19.0 Å². The lowest BCUT2D eigenvalue weighted by molar-refractivity contribution is -0.134. The van der Waals surface area contributed by atoms with Gasteiger partial charge in [0.1, 0.15) is 6.61 Å². The first-order valence-electron chi connectivity index (χ1n) is 8.77. The molecule has 29 heavy (non-hydrogen) atoms. The van der Waals surface area contributed by atoms with E-state index >= 15 is 0 Å². The molecule has 0 saturated carbocycles. The number of Topliss-reactive ketones (excluding diaryl/α,β-unsaturated/α-hetero) is 1. The number of carbonyl (C=O) groups excluding carboxylic acids is 1. The molecule has 0 aromatic carbocycles. The van der Waals surface area contributed by atoms with Crippen molar-refractivity contribution in [2.75, 3.05) is 44.4 Å². The van der Waals surface area contributed by atoms with Gasteiger partial charge < -0.3 is 29.9 Å². The summed E-state index contributed by atoms with van der Waals surface area (Å²) < 4.78 is 19.2. The number of nitrogens with zero attached hydrogens (tertiary/aromatic N) is 3. The van der Waals surface area contributed by atoms with E-state index < -0.39 is 11.9 Å². The fourth-order valence-corrected chi connectivity index (χ4v) is 2.46. The first-order chi connectivity index (χ1) is 13.6. The van der Waals surface area contributed by atoms with E-state index in [0.717, 1.165) is 24.8 Å². The Morgan fingerprint density at radius 1 is 1.17 bits per heavy atom. The van der Waals surface area contributed by atoms with Gasteiger partial charge in [-0.25, -0.2) is 9.59 Å². The van der Waals surface area contributed by atoms with Gasteiger partial charge in [-0.2, -0.15) is 4.37 Å². The second kappa shape index (κ2) is 12.1. The molecule has 2 rings (SSSR count). The van der Waals surface area contributed by atoms with Crippen molar-refractivity contribution in [2.45, 2.75) is 26.3 Å². The van der Waals surface area contributed by atoms with E-state index in [9.17, 15) is 14.4 Å². The van der Waals surface area contributed by atoms with E-state index in [1.807, 2.05) is 20.8 Å². The van der Waals surface area contributed by atoms with Gasteiger partial charge in [0, 0.05) is 30.8 Å². The maximum absolute atomic E-state index is 11.8. The van der Waals surface area contributed by atoms with Crippen LogP contribution < -0.4 is 15.0 Å². The standard InChI is InChI=1S/C13H22N4O3S.C4H4O4/c1-13(2,3)14-8-10(18)9-20-12-11(15-21-16-12)17-4-6-19-7-5-17;5-3(6)1-2-4(7)8/h14H,4-9H2,1-3H3;1-2H,(H,5,6)(H,7,8). The Labute approximate surface area is 172 Å². The van der Waals surface area contributed by atoms with Crippen LogP contribution >= 0.6 is 11.7 Å². The summed E-state index contributed by atoms with van der Waals surface area (Å²) >= 11 is 1.09. The van der Waals surface area contributed by atoms with Gasteiger partial charge in [0.25, 0.3) is 5.88 Å². The number of hydrogen-bond donors (Lipinski definition) is 3. The van der Waals surface area contributed by atoms with E-state index in [0.29, 0.717) is 37.1 Å². The summed E-state index contributed by atoms with van der Waals surface area (Å²) in [7, 11) is 0. The van der Waals surface area contributed by atoms with Crippen molar-refractivity contribution in [3.63, 3.8) is 0 Å². The average Bonchev–Trinajstić information content (AvgIpc) is 3.12. The fourth-order valence-electron chi connectivity index (χ4n) is 1.94. The number of aliphatic carboxylic acids is 2. The number of ketones is 1. The van der Waals surface area contributed by atoms with Crippen LogP contribution in [0.5, 0.6) is 5.88 Å². The Morgan fingerprint density at radius 3 is 2.28 bits per heavy atom. The third-order valence-electron chi connectivity index (χ3n) is 3.31. The molecule has 1 aliphatic rings. The monoisotopic (exact) mass is 430 g/mol. The number of nitrogens with one attached hydrogen (secondary N) is 1. The van der Waals surface area contributed by atoms with Gasteiger partial charge in [-0.15, -0.1) is 4.37 Å². The molecule has 0 aliphatic carbocycles. The summed E-state index contributed by atoms with van der Waals surface area (Å²) in [5.41, 5.74) is -0.0865. The van der Waals surface area contributed by atoms with Crippen molar-refractivity contribution in [3.05, 3.63) is 12.2 Å². The molecule has 1 saturated heterocycles. The Morgan fingerprint density at radius 2 is 1.76 bits per heavy atom. The van der Waals surface area contributed by atoms with Crippen LogP contribution in [0.2, 0.25) is 0 Å².